The number of nitrogens with zero attached hydrogens (tertiary/aromatic N) is 2. The summed E-state index contributed by atoms with van der Waals surface area (Å²) >= 11 is 0. The fraction of sp³-hybridized carbons (Fsp3) is 0.435. The number of pyridine rings is 1. The minimum atomic E-state index is -0.560. The molecule has 0 aliphatic carbocycles. The molecule has 1 aromatic heterocycles. The van der Waals surface area contributed by atoms with Crippen molar-refractivity contribution in [2.24, 2.45) is 0 Å². The van der Waals surface area contributed by atoms with Gasteiger partial charge in [0.1, 0.15) is 17.1 Å². The van der Waals surface area contributed by atoms with Crippen molar-refractivity contribution >= 4 is 23.4 Å². The summed E-state index contributed by atoms with van der Waals surface area (Å²) in [6, 6.07) is 9.04. The minimum Gasteiger partial charge on any atom is -0.495 e. The molecule has 0 spiro atoms. The monoisotopic (exact) mass is 411 g/mol. The Morgan fingerprint density at radius 1 is 1.17 bits per heavy atom. The molecule has 1 saturated heterocycles. The standard InChI is InChI=1S/C23H29N3O4/c1-23(2,3)16-9-10-19(29-4)18(14-16)25-20(27)15-30-22(28)17-8-7-11-24-21(17)26-12-5-6-13-26/h7-11,14H,5-6,12-13,15H2,1-4H3,(H,25,27). The van der Waals surface area contributed by atoms with Gasteiger partial charge >= 0.3 is 5.97 Å². The molecule has 1 aliphatic rings. The molecule has 7 nitrogen and oxygen atoms in total. The van der Waals surface area contributed by atoms with Gasteiger partial charge in [-0.3, -0.25) is 4.79 Å². The van der Waals surface area contributed by atoms with Crippen molar-refractivity contribution in [2.45, 2.75) is 39.0 Å². The van der Waals surface area contributed by atoms with E-state index >= 15 is 0 Å². The largest absolute Gasteiger partial charge is 0.495 e. The number of methoxy groups -OCH3 is 1. The molecule has 1 N–H and O–H groups in total. The third-order valence-corrected chi connectivity index (χ3v) is 5.09. The van der Waals surface area contributed by atoms with Crippen LogP contribution in [0.25, 0.3) is 0 Å². The number of carbonyl (C=O) groups is 2. The number of ether oxygens (including phenoxy) is 2. The molecule has 0 radical (unpaired) electrons. The first-order valence-electron chi connectivity index (χ1n) is 10.1. The number of hydrogen-bond acceptors (Lipinski definition) is 6. The second-order valence-electron chi connectivity index (χ2n) is 8.36. The van der Waals surface area contributed by atoms with Gasteiger partial charge in [-0.05, 0) is 48.1 Å². The number of benzene rings is 1. The van der Waals surface area contributed by atoms with Gasteiger partial charge in [0.05, 0.1) is 12.8 Å². The van der Waals surface area contributed by atoms with Crippen LogP contribution in [0.1, 0.15) is 49.5 Å². The van der Waals surface area contributed by atoms with E-state index in [1.165, 1.54) is 0 Å². The molecule has 160 valence electrons. The van der Waals surface area contributed by atoms with Gasteiger partial charge in [0.15, 0.2) is 6.61 Å². The molecule has 2 aromatic rings. The van der Waals surface area contributed by atoms with E-state index in [0.29, 0.717) is 22.8 Å². The number of nitrogens with one attached hydrogen (secondary N) is 1. The summed E-state index contributed by atoms with van der Waals surface area (Å²) in [6.45, 7) is 7.61. The topological polar surface area (TPSA) is 80.8 Å². The molecular formula is C23H29N3O4. The van der Waals surface area contributed by atoms with E-state index in [2.05, 4.69) is 36.0 Å². The van der Waals surface area contributed by atoms with Crippen molar-refractivity contribution in [2.75, 3.05) is 37.0 Å². The highest BCUT2D eigenvalue weighted by Crippen LogP contribution is 2.31. The van der Waals surface area contributed by atoms with E-state index in [9.17, 15) is 9.59 Å². The van der Waals surface area contributed by atoms with Crippen LogP contribution < -0.4 is 15.0 Å². The fourth-order valence-corrected chi connectivity index (χ4v) is 3.40. The van der Waals surface area contributed by atoms with Gasteiger partial charge in [0, 0.05) is 19.3 Å². The first kappa shape index (κ1) is 21.6. The summed E-state index contributed by atoms with van der Waals surface area (Å²) < 4.78 is 10.6. The molecule has 1 fully saturated rings. The van der Waals surface area contributed by atoms with Gasteiger partial charge < -0.3 is 19.7 Å². The van der Waals surface area contributed by atoms with Gasteiger partial charge in [0.2, 0.25) is 0 Å². The van der Waals surface area contributed by atoms with Crippen LogP contribution in [0.5, 0.6) is 5.75 Å². The van der Waals surface area contributed by atoms with Crippen LogP contribution in [0.4, 0.5) is 11.5 Å². The summed E-state index contributed by atoms with van der Waals surface area (Å²) in [5, 5.41) is 2.78. The van der Waals surface area contributed by atoms with E-state index < -0.39 is 18.5 Å². The molecule has 0 atom stereocenters. The Bertz CT molecular complexity index is 915. The Kier molecular flexibility index (Phi) is 6.59. The Labute approximate surface area is 177 Å². The van der Waals surface area contributed by atoms with Crippen molar-refractivity contribution < 1.29 is 19.1 Å². The van der Waals surface area contributed by atoms with E-state index in [4.69, 9.17) is 9.47 Å². The first-order valence-corrected chi connectivity index (χ1v) is 10.1. The number of aromatic nitrogens is 1. The molecule has 3 rings (SSSR count). The summed E-state index contributed by atoms with van der Waals surface area (Å²) in [4.78, 5) is 31.5. The molecular weight excluding hydrogens is 382 g/mol. The SMILES string of the molecule is COc1ccc(C(C)(C)C)cc1NC(=O)COC(=O)c1cccnc1N1CCCC1. The molecule has 1 aromatic carbocycles. The fourth-order valence-electron chi connectivity index (χ4n) is 3.40. The zero-order chi connectivity index (χ0) is 21.7. The summed E-state index contributed by atoms with van der Waals surface area (Å²) in [6.07, 6.45) is 3.80. The summed E-state index contributed by atoms with van der Waals surface area (Å²) in [5.74, 6) is 0.168. The maximum absolute atomic E-state index is 12.6. The molecule has 1 aliphatic heterocycles. The lowest BCUT2D eigenvalue weighted by molar-refractivity contribution is -0.119. The van der Waals surface area contributed by atoms with Gasteiger partial charge in [-0.15, -0.1) is 0 Å². The quantitative estimate of drug-likeness (QED) is 0.729. The van der Waals surface area contributed by atoms with E-state index in [1.54, 1.807) is 25.4 Å². The zero-order valence-corrected chi connectivity index (χ0v) is 18.0. The highest BCUT2D eigenvalue weighted by molar-refractivity contribution is 5.98. The highest BCUT2D eigenvalue weighted by atomic mass is 16.5. The number of amides is 1. The lowest BCUT2D eigenvalue weighted by atomic mass is 9.87. The third kappa shape index (κ3) is 5.09. The van der Waals surface area contributed by atoms with Crippen molar-refractivity contribution in [3.05, 3.63) is 47.7 Å². The number of rotatable bonds is 6. The van der Waals surface area contributed by atoms with Crippen LogP contribution in [0.15, 0.2) is 36.5 Å². The second kappa shape index (κ2) is 9.15. The number of carbonyl (C=O) groups excluding carboxylic acids is 2. The van der Waals surface area contributed by atoms with Crippen LogP contribution in [-0.2, 0) is 14.9 Å². The number of hydrogen-bond donors (Lipinski definition) is 1. The van der Waals surface area contributed by atoms with Gasteiger partial charge in [-0.2, -0.15) is 0 Å². The van der Waals surface area contributed by atoms with Crippen molar-refractivity contribution in [1.82, 2.24) is 4.98 Å². The van der Waals surface area contributed by atoms with Crippen LogP contribution >= 0.6 is 0 Å². The molecule has 0 unspecified atom stereocenters. The Morgan fingerprint density at radius 2 is 1.90 bits per heavy atom. The van der Waals surface area contributed by atoms with Crippen LogP contribution in [0.2, 0.25) is 0 Å². The van der Waals surface area contributed by atoms with Gasteiger partial charge in [-0.25, -0.2) is 9.78 Å². The van der Waals surface area contributed by atoms with E-state index in [1.807, 2.05) is 18.2 Å². The number of esters is 1. The van der Waals surface area contributed by atoms with Crippen molar-refractivity contribution in [1.29, 1.82) is 0 Å². The number of anilines is 2. The predicted octanol–water partition coefficient (Wildman–Crippen LogP) is 3.78. The van der Waals surface area contributed by atoms with E-state index in [0.717, 1.165) is 31.5 Å². The lowest BCUT2D eigenvalue weighted by Crippen LogP contribution is -2.25. The Morgan fingerprint density at radius 3 is 2.57 bits per heavy atom. The molecule has 0 bridgehead atoms. The second-order valence-corrected chi connectivity index (χ2v) is 8.36. The average Bonchev–Trinajstić information content (AvgIpc) is 3.26. The predicted molar refractivity (Wildman–Crippen MR) is 116 cm³/mol. The van der Waals surface area contributed by atoms with E-state index in [-0.39, 0.29) is 5.41 Å². The molecule has 2 heterocycles. The van der Waals surface area contributed by atoms with Crippen molar-refractivity contribution in [3.8, 4) is 5.75 Å². The highest BCUT2D eigenvalue weighted by Gasteiger charge is 2.22. The maximum atomic E-state index is 12.6. The Balaban J connectivity index is 1.66. The molecule has 30 heavy (non-hydrogen) atoms. The molecule has 7 heteroatoms. The lowest BCUT2D eigenvalue weighted by Gasteiger charge is -2.21. The molecule has 1 amide bonds. The smallest absolute Gasteiger partial charge is 0.342 e. The van der Waals surface area contributed by atoms with Crippen molar-refractivity contribution in [3.63, 3.8) is 0 Å². The van der Waals surface area contributed by atoms with Crippen LogP contribution in [-0.4, -0.2) is 43.7 Å². The zero-order valence-electron chi connectivity index (χ0n) is 18.0. The average molecular weight is 412 g/mol. The Hall–Kier alpha value is -3.09. The van der Waals surface area contributed by atoms with Gasteiger partial charge in [0.25, 0.3) is 5.91 Å². The first-order chi connectivity index (χ1) is 14.3. The van der Waals surface area contributed by atoms with Crippen LogP contribution in [0, 0.1) is 0 Å². The molecule has 0 saturated carbocycles. The maximum Gasteiger partial charge on any atom is 0.342 e. The minimum absolute atomic E-state index is 0.0789. The third-order valence-electron chi connectivity index (χ3n) is 5.09. The van der Waals surface area contributed by atoms with Crippen LogP contribution in [0.3, 0.4) is 0 Å². The summed E-state index contributed by atoms with van der Waals surface area (Å²) in [5.41, 5.74) is 1.90. The normalized spacial score (nSPS) is 13.8. The summed E-state index contributed by atoms with van der Waals surface area (Å²) in [7, 11) is 1.55. The van der Waals surface area contributed by atoms with Gasteiger partial charge in [-0.1, -0.05) is 26.8 Å².